The molecule has 0 radical (unpaired) electrons. The number of hydrogen-bond donors (Lipinski definition) is 2. The summed E-state index contributed by atoms with van der Waals surface area (Å²) in [7, 11) is 1.97. The van der Waals surface area contributed by atoms with Crippen molar-refractivity contribution in [2.45, 2.75) is 50.5 Å². The molecule has 0 aliphatic carbocycles. The Balaban J connectivity index is 0.00000225. The van der Waals surface area contributed by atoms with E-state index in [0.29, 0.717) is 17.9 Å². The molecule has 1 aromatic heterocycles. The standard InChI is InChI=1S/C16H28N6OS.HI/c1-12-20-21-15(22(12)2)11-19-16(17-9-13-5-3-7-23-13)18-10-14-6-4-8-24-14;/h13-14H,3-11H2,1-2H3,(H2,17,18,19);1H. The van der Waals surface area contributed by atoms with E-state index in [1.54, 1.807) is 0 Å². The van der Waals surface area contributed by atoms with Crippen molar-refractivity contribution in [3.05, 3.63) is 11.6 Å². The normalized spacial score (nSPS) is 23.5. The van der Waals surface area contributed by atoms with Crippen molar-refractivity contribution in [3.8, 4) is 0 Å². The third kappa shape index (κ3) is 6.28. The number of hydrogen-bond acceptors (Lipinski definition) is 5. The number of nitrogens with one attached hydrogen (secondary N) is 2. The lowest BCUT2D eigenvalue weighted by Crippen LogP contribution is -2.43. The number of aromatic nitrogens is 3. The van der Waals surface area contributed by atoms with Crippen molar-refractivity contribution >= 4 is 41.7 Å². The minimum Gasteiger partial charge on any atom is -0.376 e. The molecular formula is C16H29IN6OS. The first-order chi connectivity index (χ1) is 11.7. The molecule has 9 heteroatoms. The fraction of sp³-hybridized carbons (Fsp3) is 0.812. The summed E-state index contributed by atoms with van der Waals surface area (Å²) in [4.78, 5) is 4.70. The zero-order valence-electron chi connectivity index (χ0n) is 15.0. The molecule has 0 bridgehead atoms. The molecule has 2 atom stereocenters. The Hall–Kier alpha value is -0.550. The Labute approximate surface area is 171 Å². The van der Waals surface area contributed by atoms with Crippen LogP contribution in [0.15, 0.2) is 4.99 Å². The lowest BCUT2D eigenvalue weighted by molar-refractivity contribution is 0.114. The van der Waals surface area contributed by atoms with Crippen molar-refractivity contribution in [1.29, 1.82) is 0 Å². The molecule has 7 nitrogen and oxygen atoms in total. The molecule has 3 rings (SSSR count). The van der Waals surface area contributed by atoms with Crippen molar-refractivity contribution in [1.82, 2.24) is 25.4 Å². The Morgan fingerprint density at radius 3 is 2.76 bits per heavy atom. The lowest BCUT2D eigenvalue weighted by Gasteiger charge is -2.17. The molecule has 0 spiro atoms. The fourth-order valence-electron chi connectivity index (χ4n) is 2.94. The molecule has 2 N–H and O–H groups in total. The summed E-state index contributed by atoms with van der Waals surface area (Å²) in [5.74, 6) is 3.91. The molecule has 0 amide bonds. The third-order valence-electron chi connectivity index (χ3n) is 4.60. The molecule has 0 saturated carbocycles. The van der Waals surface area contributed by atoms with Crippen LogP contribution in [0.3, 0.4) is 0 Å². The maximum Gasteiger partial charge on any atom is 0.191 e. The first-order valence-electron chi connectivity index (χ1n) is 8.82. The highest BCUT2D eigenvalue weighted by Gasteiger charge is 2.18. The lowest BCUT2D eigenvalue weighted by atomic mass is 10.2. The summed E-state index contributed by atoms with van der Waals surface area (Å²) in [6.45, 7) is 5.12. The van der Waals surface area contributed by atoms with Crippen LogP contribution < -0.4 is 10.6 Å². The van der Waals surface area contributed by atoms with Crippen LogP contribution in [0.4, 0.5) is 0 Å². The smallest absolute Gasteiger partial charge is 0.191 e. The van der Waals surface area contributed by atoms with Gasteiger partial charge in [-0.05, 0) is 38.4 Å². The zero-order chi connectivity index (χ0) is 16.8. The van der Waals surface area contributed by atoms with Crippen LogP contribution in [-0.2, 0) is 18.3 Å². The van der Waals surface area contributed by atoms with E-state index in [2.05, 4.69) is 32.6 Å². The predicted octanol–water partition coefficient (Wildman–Crippen LogP) is 1.85. The Bertz CT molecular complexity index is 533. The van der Waals surface area contributed by atoms with Gasteiger partial charge in [-0.1, -0.05) is 0 Å². The molecule has 2 fully saturated rings. The number of rotatable bonds is 6. The van der Waals surface area contributed by atoms with E-state index in [1.807, 2.05) is 18.5 Å². The molecule has 3 heterocycles. The van der Waals surface area contributed by atoms with Gasteiger partial charge in [0.1, 0.15) is 12.4 Å². The molecule has 1 aromatic rings. The second-order valence-corrected chi connectivity index (χ2v) is 7.83. The summed E-state index contributed by atoms with van der Waals surface area (Å²) in [6, 6.07) is 0. The first kappa shape index (κ1) is 20.8. The summed E-state index contributed by atoms with van der Waals surface area (Å²) >= 11 is 2.05. The minimum absolute atomic E-state index is 0. The van der Waals surface area contributed by atoms with Gasteiger partial charge in [0, 0.05) is 32.0 Å². The van der Waals surface area contributed by atoms with Gasteiger partial charge in [0.2, 0.25) is 0 Å². The van der Waals surface area contributed by atoms with E-state index in [1.165, 1.54) is 18.6 Å². The Morgan fingerprint density at radius 2 is 2.12 bits per heavy atom. The van der Waals surface area contributed by atoms with E-state index in [0.717, 1.165) is 50.1 Å². The topological polar surface area (TPSA) is 76.4 Å². The monoisotopic (exact) mass is 480 g/mol. The van der Waals surface area contributed by atoms with E-state index in [9.17, 15) is 0 Å². The summed E-state index contributed by atoms with van der Waals surface area (Å²) in [6.07, 6.45) is 5.20. The number of ether oxygens (including phenoxy) is 1. The number of aryl methyl sites for hydroxylation is 1. The average Bonchev–Trinajstić information content (AvgIpc) is 3.33. The van der Waals surface area contributed by atoms with E-state index < -0.39 is 0 Å². The highest BCUT2D eigenvalue weighted by Crippen LogP contribution is 2.25. The molecule has 2 unspecified atom stereocenters. The fourth-order valence-corrected chi connectivity index (χ4v) is 4.15. The molecule has 2 aliphatic rings. The summed E-state index contributed by atoms with van der Waals surface area (Å²) in [5.41, 5.74) is 0. The number of halogens is 1. The van der Waals surface area contributed by atoms with Gasteiger partial charge < -0.3 is 19.9 Å². The number of aliphatic imine (C=N–C) groups is 1. The van der Waals surface area contributed by atoms with Gasteiger partial charge >= 0.3 is 0 Å². The molecule has 2 saturated heterocycles. The van der Waals surface area contributed by atoms with Crippen molar-refractivity contribution < 1.29 is 4.74 Å². The van der Waals surface area contributed by atoms with Gasteiger partial charge in [-0.25, -0.2) is 4.99 Å². The van der Waals surface area contributed by atoms with E-state index in [-0.39, 0.29) is 24.0 Å². The first-order valence-corrected chi connectivity index (χ1v) is 9.87. The predicted molar refractivity (Wildman–Crippen MR) is 113 cm³/mol. The maximum absolute atomic E-state index is 5.69. The molecule has 25 heavy (non-hydrogen) atoms. The van der Waals surface area contributed by atoms with Crippen LogP contribution in [0.2, 0.25) is 0 Å². The highest BCUT2D eigenvalue weighted by molar-refractivity contribution is 14.0. The summed E-state index contributed by atoms with van der Waals surface area (Å²) < 4.78 is 7.67. The van der Waals surface area contributed by atoms with Crippen molar-refractivity contribution in [2.24, 2.45) is 12.0 Å². The molecular weight excluding hydrogens is 451 g/mol. The van der Waals surface area contributed by atoms with Crippen molar-refractivity contribution in [2.75, 3.05) is 25.4 Å². The van der Waals surface area contributed by atoms with Crippen LogP contribution in [0.5, 0.6) is 0 Å². The van der Waals surface area contributed by atoms with Gasteiger partial charge in [0.15, 0.2) is 11.8 Å². The van der Waals surface area contributed by atoms with E-state index in [4.69, 9.17) is 9.73 Å². The number of thioether (sulfide) groups is 1. The second-order valence-electron chi connectivity index (χ2n) is 6.42. The van der Waals surface area contributed by atoms with Crippen LogP contribution in [-0.4, -0.2) is 57.5 Å². The van der Waals surface area contributed by atoms with Gasteiger partial charge in [-0.15, -0.1) is 34.2 Å². The van der Waals surface area contributed by atoms with Gasteiger partial charge in [-0.3, -0.25) is 0 Å². The molecule has 2 aliphatic heterocycles. The number of guanidine groups is 1. The number of nitrogens with zero attached hydrogens (tertiary/aromatic N) is 4. The average molecular weight is 480 g/mol. The third-order valence-corrected chi connectivity index (χ3v) is 6.00. The second kappa shape index (κ2) is 10.6. The quantitative estimate of drug-likeness (QED) is 0.368. The van der Waals surface area contributed by atoms with Crippen LogP contribution in [0.25, 0.3) is 0 Å². The Kier molecular flexibility index (Phi) is 8.77. The maximum atomic E-state index is 5.69. The molecule has 0 aromatic carbocycles. The zero-order valence-corrected chi connectivity index (χ0v) is 18.2. The van der Waals surface area contributed by atoms with Crippen LogP contribution >= 0.6 is 35.7 Å². The summed E-state index contributed by atoms with van der Waals surface area (Å²) in [5, 5.41) is 15.9. The SMILES string of the molecule is Cc1nnc(CN=C(NCC2CCCO2)NCC2CCCS2)n1C.I. The highest BCUT2D eigenvalue weighted by atomic mass is 127. The van der Waals surface area contributed by atoms with Crippen LogP contribution in [0.1, 0.15) is 37.3 Å². The largest absolute Gasteiger partial charge is 0.376 e. The molecule has 142 valence electrons. The van der Waals surface area contributed by atoms with Crippen LogP contribution in [0, 0.1) is 6.92 Å². The Morgan fingerprint density at radius 1 is 1.28 bits per heavy atom. The van der Waals surface area contributed by atoms with Gasteiger partial charge in [0.05, 0.1) is 6.10 Å². The van der Waals surface area contributed by atoms with E-state index >= 15 is 0 Å². The van der Waals surface area contributed by atoms with Crippen molar-refractivity contribution in [3.63, 3.8) is 0 Å². The van der Waals surface area contributed by atoms with Gasteiger partial charge in [-0.2, -0.15) is 11.8 Å². The minimum atomic E-state index is 0. The van der Waals surface area contributed by atoms with Gasteiger partial charge in [0.25, 0.3) is 0 Å².